The maximum absolute atomic E-state index is 14.1. The summed E-state index contributed by atoms with van der Waals surface area (Å²) >= 11 is 3.44. The second-order valence-corrected chi connectivity index (χ2v) is 12.9. The maximum atomic E-state index is 14.1. The standard InChI is InChI=1S/C35H32IN3O5S/c1-6-43-34(41)30-21(4)38-35-39(31(30)24-13-11-23(12-14-24)20(2)3)33(40)29(45-35)17-22-15-27(36)32(28(16-22)42-5)44-19-26-10-8-7-9-25(26)18-37/h7-17,20,31H,6,19H2,1-5H3/b29-17-/t31-/m1/s1. The largest absolute Gasteiger partial charge is 0.493 e. The highest BCUT2D eigenvalue weighted by molar-refractivity contribution is 14.1. The van der Waals surface area contributed by atoms with Crippen LogP contribution in [0.25, 0.3) is 6.08 Å². The van der Waals surface area contributed by atoms with Crippen LogP contribution in [0.1, 0.15) is 67.5 Å². The first-order valence-electron chi connectivity index (χ1n) is 14.4. The average molecular weight is 734 g/mol. The predicted molar refractivity (Wildman–Crippen MR) is 182 cm³/mol. The third-order valence-electron chi connectivity index (χ3n) is 7.50. The van der Waals surface area contributed by atoms with Crippen molar-refractivity contribution >= 4 is 46.0 Å². The molecule has 0 radical (unpaired) electrons. The molecule has 1 atom stereocenters. The van der Waals surface area contributed by atoms with Crippen LogP contribution in [0.15, 0.2) is 81.7 Å². The Morgan fingerprint density at radius 3 is 2.58 bits per heavy atom. The molecule has 0 saturated heterocycles. The minimum atomic E-state index is -0.676. The van der Waals surface area contributed by atoms with Crippen LogP contribution in [-0.2, 0) is 16.1 Å². The number of nitriles is 1. The zero-order chi connectivity index (χ0) is 32.2. The second kappa shape index (κ2) is 13.8. The van der Waals surface area contributed by atoms with E-state index in [0.29, 0.717) is 43.6 Å². The maximum Gasteiger partial charge on any atom is 0.338 e. The van der Waals surface area contributed by atoms with Crippen molar-refractivity contribution in [3.8, 4) is 17.6 Å². The Morgan fingerprint density at radius 2 is 1.91 bits per heavy atom. The summed E-state index contributed by atoms with van der Waals surface area (Å²) in [5.41, 5.74) is 4.65. The number of fused-ring (bicyclic) bond motifs is 1. The summed E-state index contributed by atoms with van der Waals surface area (Å²) in [5, 5.41) is 9.43. The van der Waals surface area contributed by atoms with Gasteiger partial charge in [0.05, 0.1) is 50.8 Å². The quantitative estimate of drug-likeness (QED) is 0.155. The number of ether oxygens (including phenoxy) is 3. The first kappa shape index (κ1) is 32.2. The minimum absolute atomic E-state index is 0.203. The third-order valence-corrected chi connectivity index (χ3v) is 9.28. The number of nitrogens with zero attached hydrogens (tertiary/aromatic N) is 3. The first-order valence-corrected chi connectivity index (χ1v) is 16.3. The van der Waals surface area contributed by atoms with E-state index < -0.39 is 12.0 Å². The van der Waals surface area contributed by atoms with E-state index in [1.54, 1.807) is 37.7 Å². The number of carbonyl (C=O) groups excluding carboxylic acids is 1. The van der Waals surface area contributed by atoms with Gasteiger partial charge < -0.3 is 14.2 Å². The minimum Gasteiger partial charge on any atom is -0.493 e. The molecule has 2 heterocycles. The van der Waals surface area contributed by atoms with E-state index in [1.807, 2.05) is 54.6 Å². The lowest BCUT2D eigenvalue weighted by Crippen LogP contribution is -2.39. The number of rotatable bonds is 9. The lowest BCUT2D eigenvalue weighted by atomic mass is 9.93. The molecule has 5 rings (SSSR count). The highest BCUT2D eigenvalue weighted by Gasteiger charge is 2.33. The van der Waals surface area contributed by atoms with Gasteiger partial charge in [0, 0.05) is 5.56 Å². The zero-order valence-corrected chi connectivity index (χ0v) is 28.6. The van der Waals surface area contributed by atoms with Crippen LogP contribution in [0.3, 0.4) is 0 Å². The van der Waals surface area contributed by atoms with Gasteiger partial charge in [0.15, 0.2) is 16.3 Å². The van der Waals surface area contributed by atoms with Gasteiger partial charge in [0.25, 0.3) is 5.56 Å². The van der Waals surface area contributed by atoms with Crippen LogP contribution < -0.4 is 24.4 Å². The molecule has 45 heavy (non-hydrogen) atoms. The lowest BCUT2D eigenvalue weighted by Gasteiger charge is -2.25. The van der Waals surface area contributed by atoms with Gasteiger partial charge in [-0.05, 0) is 83.3 Å². The molecule has 0 fully saturated rings. The molecule has 0 spiro atoms. The Hall–Kier alpha value is -4.21. The highest BCUT2D eigenvalue weighted by Crippen LogP contribution is 2.35. The van der Waals surface area contributed by atoms with E-state index in [9.17, 15) is 14.9 Å². The summed E-state index contributed by atoms with van der Waals surface area (Å²) in [6.45, 7) is 8.19. The van der Waals surface area contributed by atoms with Gasteiger partial charge in [-0.3, -0.25) is 9.36 Å². The number of aromatic nitrogens is 1. The molecule has 1 aliphatic heterocycles. The zero-order valence-electron chi connectivity index (χ0n) is 25.6. The van der Waals surface area contributed by atoms with E-state index >= 15 is 0 Å². The molecule has 8 nitrogen and oxygen atoms in total. The SMILES string of the molecule is CCOC(=O)C1=C(C)N=c2s/c(=C\c3cc(I)c(OCc4ccccc4C#N)c(OC)c3)c(=O)n2[C@@H]1c1ccc(C(C)C)cc1. The summed E-state index contributed by atoms with van der Waals surface area (Å²) in [6.07, 6.45) is 1.80. The van der Waals surface area contributed by atoms with Crippen molar-refractivity contribution in [3.63, 3.8) is 0 Å². The van der Waals surface area contributed by atoms with Gasteiger partial charge in [-0.2, -0.15) is 5.26 Å². The number of thiazole rings is 1. The highest BCUT2D eigenvalue weighted by atomic mass is 127. The van der Waals surface area contributed by atoms with Gasteiger partial charge in [-0.25, -0.2) is 9.79 Å². The van der Waals surface area contributed by atoms with E-state index in [4.69, 9.17) is 14.2 Å². The number of hydrogen-bond donors (Lipinski definition) is 0. The summed E-state index contributed by atoms with van der Waals surface area (Å²) < 4.78 is 20.0. The predicted octanol–water partition coefficient (Wildman–Crippen LogP) is 5.99. The van der Waals surface area contributed by atoms with Crippen molar-refractivity contribution in [1.29, 1.82) is 5.26 Å². The fraction of sp³-hybridized carbons (Fsp3) is 0.257. The molecule has 4 aromatic rings. The van der Waals surface area contributed by atoms with Gasteiger partial charge in [0.2, 0.25) is 0 Å². The summed E-state index contributed by atoms with van der Waals surface area (Å²) in [5.74, 6) is 0.897. The number of hydrogen-bond acceptors (Lipinski definition) is 8. The Balaban J connectivity index is 1.57. The molecule has 0 aliphatic carbocycles. The summed E-state index contributed by atoms with van der Waals surface area (Å²) in [6, 6.07) is 20.5. The number of carbonyl (C=O) groups is 1. The fourth-order valence-corrected chi connectivity index (χ4v) is 7.02. The average Bonchev–Trinajstić information content (AvgIpc) is 3.33. The molecule has 0 saturated carbocycles. The molecule has 0 amide bonds. The Morgan fingerprint density at radius 1 is 1.18 bits per heavy atom. The van der Waals surface area contributed by atoms with Crippen LogP contribution in [0.5, 0.6) is 11.5 Å². The number of benzene rings is 3. The van der Waals surface area contributed by atoms with Crippen molar-refractivity contribution in [2.75, 3.05) is 13.7 Å². The second-order valence-electron chi connectivity index (χ2n) is 10.7. The summed E-state index contributed by atoms with van der Waals surface area (Å²) in [7, 11) is 1.56. The van der Waals surface area contributed by atoms with Crippen molar-refractivity contribution in [2.45, 2.75) is 46.3 Å². The van der Waals surface area contributed by atoms with E-state index in [-0.39, 0.29) is 18.8 Å². The molecule has 0 unspecified atom stereocenters. The first-order chi connectivity index (χ1) is 21.7. The topological polar surface area (TPSA) is 103 Å². The summed E-state index contributed by atoms with van der Waals surface area (Å²) in [4.78, 5) is 32.4. The molecule has 230 valence electrons. The van der Waals surface area contributed by atoms with Crippen molar-refractivity contribution in [3.05, 3.63) is 123 Å². The Bertz CT molecular complexity index is 2020. The molecule has 3 aromatic carbocycles. The molecule has 0 N–H and O–H groups in total. The van der Waals surface area contributed by atoms with Gasteiger partial charge in [-0.1, -0.05) is 67.6 Å². The van der Waals surface area contributed by atoms with E-state index in [2.05, 4.69) is 47.5 Å². The number of allylic oxidation sites excluding steroid dienone is 1. The van der Waals surface area contributed by atoms with Gasteiger partial charge in [-0.15, -0.1) is 0 Å². The van der Waals surface area contributed by atoms with E-state index in [0.717, 1.165) is 25.8 Å². The van der Waals surface area contributed by atoms with Crippen LogP contribution >= 0.6 is 33.9 Å². The molecule has 10 heteroatoms. The van der Waals surface area contributed by atoms with Gasteiger partial charge in [0.1, 0.15) is 6.61 Å². The van der Waals surface area contributed by atoms with E-state index in [1.165, 1.54) is 11.3 Å². The Labute approximate surface area is 279 Å². The molecule has 0 bridgehead atoms. The fourth-order valence-electron chi connectivity index (χ4n) is 5.19. The van der Waals surface area contributed by atoms with Crippen molar-refractivity contribution < 1.29 is 19.0 Å². The molecular formula is C35H32IN3O5S. The number of methoxy groups -OCH3 is 1. The molecule has 1 aromatic heterocycles. The van der Waals surface area contributed by atoms with Crippen LogP contribution in [-0.4, -0.2) is 24.3 Å². The number of halogens is 1. The molecule has 1 aliphatic rings. The van der Waals surface area contributed by atoms with Crippen LogP contribution in [0.4, 0.5) is 0 Å². The smallest absolute Gasteiger partial charge is 0.338 e. The van der Waals surface area contributed by atoms with Crippen LogP contribution in [0.2, 0.25) is 0 Å². The monoisotopic (exact) mass is 733 g/mol. The lowest BCUT2D eigenvalue weighted by molar-refractivity contribution is -0.139. The molecular weight excluding hydrogens is 701 g/mol. The van der Waals surface area contributed by atoms with Crippen LogP contribution in [0, 0.1) is 14.9 Å². The normalized spacial score (nSPS) is 14.5. The third kappa shape index (κ3) is 6.60. The Kier molecular flexibility index (Phi) is 9.90. The van der Waals surface area contributed by atoms with Crippen molar-refractivity contribution in [2.24, 2.45) is 4.99 Å². The van der Waals surface area contributed by atoms with Gasteiger partial charge >= 0.3 is 5.97 Å². The van der Waals surface area contributed by atoms with Crippen molar-refractivity contribution in [1.82, 2.24) is 4.57 Å². The number of esters is 1.